The van der Waals surface area contributed by atoms with Gasteiger partial charge in [0.25, 0.3) is 0 Å². The summed E-state index contributed by atoms with van der Waals surface area (Å²) in [6.45, 7) is 0.518. The van der Waals surface area contributed by atoms with Gasteiger partial charge in [0.05, 0.1) is 19.1 Å². The number of carbonyl (C=O) groups is 2. The molecule has 0 aromatic carbocycles. The van der Waals surface area contributed by atoms with Crippen molar-refractivity contribution in [1.82, 2.24) is 10.2 Å². The lowest BCUT2D eigenvalue weighted by atomic mass is 10.1. The van der Waals surface area contributed by atoms with E-state index in [0.717, 1.165) is 12.8 Å². The molecule has 2 amide bonds. The summed E-state index contributed by atoms with van der Waals surface area (Å²) in [5.74, 6) is -0.402. The van der Waals surface area contributed by atoms with Gasteiger partial charge in [-0.1, -0.05) is 12.8 Å². The number of hydrogen-bond donors (Lipinski definition) is 2. The van der Waals surface area contributed by atoms with E-state index in [4.69, 9.17) is 5.11 Å². The summed E-state index contributed by atoms with van der Waals surface area (Å²) in [6, 6.07) is -0.00319. The number of carbonyl (C=O) groups excluding carboxylic acids is 2. The second kappa shape index (κ2) is 4.93. The van der Waals surface area contributed by atoms with Crippen molar-refractivity contribution in [3.05, 3.63) is 0 Å². The highest BCUT2D eigenvalue weighted by molar-refractivity contribution is 6.05. The quantitative estimate of drug-likeness (QED) is 0.642. The number of nitrogens with one attached hydrogen (secondary N) is 1. The van der Waals surface area contributed by atoms with E-state index < -0.39 is 0 Å². The van der Waals surface area contributed by atoms with E-state index in [2.05, 4.69) is 5.32 Å². The molecule has 5 nitrogen and oxygen atoms in total. The molecule has 1 unspecified atom stereocenters. The van der Waals surface area contributed by atoms with Crippen LogP contribution in [0.15, 0.2) is 0 Å². The Kier molecular flexibility index (Phi) is 3.56. The molecule has 1 atom stereocenters. The van der Waals surface area contributed by atoms with Gasteiger partial charge in [-0.05, 0) is 12.8 Å². The Morgan fingerprint density at radius 2 is 2.00 bits per heavy atom. The van der Waals surface area contributed by atoms with Gasteiger partial charge < -0.3 is 5.11 Å². The molecular weight excluding hydrogens is 208 g/mol. The zero-order valence-corrected chi connectivity index (χ0v) is 9.32. The Bertz CT molecular complexity index is 287. The van der Waals surface area contributed by atoms with Crippen molar-refractivity contribution in [1.29, 1.82) is 0 Å². The van der Waals surface area contributed by atoms with Gasteiger partial charge in [-0.15, -0.1) is 0 Å². The van der Waals surface area contributed by atoms with E-state index in [1.807, 2.05) is 4.90 Å². The largest absolute Gasteiger partial charge is 0.395 e. The third-order valence-corrected chi connectivity index (χ3v) is 3.50. The highest BCUT2D eigenvalue weighted by Gasteiger charge is 2.38. The number of amides is 2. The molecule has 16 heavy (non-hydrogen) atoms. The second-order valence-corrected chi connectivity index (χ2v) is 4.53. The van der Waals surface area contributed by atoms with Gasteiger partial charge in [0.15, 0.2) is 0 Å². The number of nitrogens with zero attached hydrogens (tertiary/aromatic N) is 1. The lowest BCUT2D eigenvalue weighted by molar-refractivity contribution is -0.126. The minimum absolute atomic E-state index is 0.0362. The second-order valence-electron chi connectivity index (χ2n) is 4.53. The molecule has 0 aromatic heterocycles. The maximum atomic E-state index is 11.6. The fourth-order valence-corrected chi connectivity index (χ4v) is 2.75. The number of rotatable bonds is 4. The van der Waals surface area contributed by atoms with E-state index >= 15 is 0 Å². The average molecular weight is 226 g/mol. The molecule has 0 spiro atoms. The Balaban J connectivity index is 2.05. The van der Waals surface area contributed by atoms with Crippen LogP contribution in [0.1, 0.15) is 32.1 Å². The number of hydrogen-bond acceptors (Lipinski definition) is 4. The molecule has 90 valence electrons. The van der Waals surface area contributed by atoms with Crippen LogP contribution in [-0.2, 0) is 9.59 Å². The molecule has 2 N–H and O–H groups in total. The van der Waals surface area contributed by atoms with Crippen LogP contribution in [0.2, 0.25) is 0 Å². The van der Waals surface area contributed by atoms with E-state index in [9.17, 15) is 9.59 Å². The first-order valence-corrected chi connectivity index (χ1v) is 5.92. The molecule has 1 heterocycles. The van der Waals surface area contributed by atoms with Gasteiger partial charge in [-0.2, -0.15) is 0 Å². The molecule has 2 aliphatic rings. The summed E-state index contributed by atoms with van der Waals surface area (Å²) in [5.41, 5.74) is 0. The van der Waals surface area contributed by atoms with Gasteiger partial charge in [-0.3, -0.25) is 19.8 Å². The smallest absolute Gasteiger partial charge is 0.244 e. The number of imide groups is 1. The normalized spacial score (nSPS) is 26.8. The van der Waals surface area contributed by atoms with Crippen LogP contribution in [-0.4, -0.2) is 47.1 Å². The van der Waals surface area contributed by atoms with Crippen LogP contribution in [0.4, 0.5) is 0 Å². The molecule has 0 aromatic rings. The van der Waals surface area contributed by atoms with Crippen molar-refractivity contribution in [3.63, 3.8) is 0 Å². The van der Waals surface area contributed by atoms with E-state index in [1.165, 1.54) is 12.8 Å². The maximum Gasteiger partial charge on any atom is 0.244 e. The molecule has 2 rings (SSSR count). The maximum absolute atomic E-state index is 11.6. The van der Waals surface area contributed by atoms with Crippen LogP contribution in [0.5, 0.6) is 0 Å². The lowest BCUT2D eigenvalue weighted by Crippen LogP contribution is -2.47. The Hall–Kier alpha value is -0.940. The van der Waals surface area contributed by atoms with Gasteiger partial charge in [-0.25, -0.2) is 0 Å². The van der Waals surface area contributed by atoms with Crippen LogP contribution >= 0.6 is 0 Å². The third-order valence-electron chi connectivity index (χ3n) is 3.50. The summed E-state index contributed by atoms with van der Waals surface area (Å²) in [6.07, 6.45) is 4.73. The van der Waals surface area contributed by atoms with Crippen LogP contribution in [0.3, 0.4) is 0 Å². The SMILES string of the molecule is O=C1CC(N(CCO)C2CCCC2)C(=O)N1. The fraction of sp³-hybridized carbons (Fsp3) is 0.818. The highest BCUT2D eigenvalue weighted by atomic mass is 16.3. The number of aliphatic hydroxyl groups is 1. The summed E-state index contributed by atoms with van der Waals surface area (Å²) in [7, 11) is 0. The van der Waals surface area contributed by atoms with Crippen molar-refractivity contribution in [3.8, 4) is 0 Å². The molecular formula is C11H18N2O3. The average Bonchev–Trinajstić information content (AvgIpc) is 2.85. The first-order valence-electron chi connectivity index (χ1n) is 5.92. The molecule has 1 saturated carbocycles. The zero-order chi connectivity index (χ0) is 11.5. The summed E-state index contributed by atoms with van der Waals surface area (Å²) >= 11 is 0. The topological polar surface area (TPSA) is 69.6 Å². The standard InChI is InChI=1S/C11H18N2O3/c14-6-5-13(8-3-1-2-4-8)9-7-10(15)12-11(9)16/h8-9,14H,1-7H2,(H,12,15,16). The predicted molar refractivity (Wildman–Crippen MR) is 57.6 cm³/mol. The molecule has 1 aliphatic heterocycles. The minimum atomic E-state index is -0.359. The molecule has 1 aliphatic carbocycles. The van der Waals surface area contributed by atoms with Crippen molar-refractivity contribution < 1.29 is 14.7 Å². The molecule has 5 heteroatoms. The lowest BCUT2D eigenvalue weighted by Gasteiger charge is -2.31. The van der Waals surface area contributed by atoms with Crippen molar-refractivity contribution in [2.24, 2.45) is 0 Å². The molecule has 0 bridgehead atoms. The Morgan fingerprint density at radius 1 is 1.31 bits per heavy atom. The minimum Gasteiger partial charge on any atom is -0.395 e. The Labute approximate surface area is 94.8 Å². The van der Waals surface area contributed by atoms with Crippen molar-refractivity contribution in [2.45, 2.75) is 44.2 Å². The summed E-state index contributed by atoms with van der Waals surface area (Å²) in [4.78, 5) is 24.8. The Morgan fingerprint density at radius 3 is 2.50 bits per heavy atom. The van der Waals surface area contributed by atoms with Crippen molar-refractivity contribution >= 4 is 11.8 Å². The van der Waals surface area contributed by atoms with Gasteiger partial charge in [0.1, 0.15) is 0 Å². The predicted octanol–water partition coefficient (Wildman–Crippen LogP) is -0.362. The molecule has 1 saturated heterocycles. The van der Waals surface area contributed by atoms with Crippen molar-refractivity contribution in [2.75, 3.05) is 13.2 Å². The van der Waals surface area contributed by atoms with Gasteiger partial charge >= 0.3 is 0 Å². The first-order chi connectivity index (χ1) is 7.72. The summed E-state index contributed by atoms with van der Waals surface area (Å²) < 4.78 is 0. The molecule has 0 radical (unpaired) electrons. The van der Waals surface area contributed by atoms with Crippen LogP contribution in [0.25, 0.3) is 0 Å². The monoisotopic (exact) mass is 226 g/mol. The van der Waals surface area contributed by atoms with E-state index in [1.54, 1.807) is 0 Å². The zero-order valence-electron chi connectivity index (χ0n) is 9.32. The third kappa shape index (κ3) is 2.25. The molecule has 2 fully saturated rings. The van der Waals surface area contributed by atoms with E-state index in [0.29, 0.717) is 12.6 Å². The van der Waals surface area contributed by atoms with Crippen LogP contribution < -0.4 is 5.32 Å². The number of aliphatic hydroxyl groups excluding tert-OH is 1. The first kappa shape index (κ1) is 11.5. The summed E-state index contributed by atoms with van der Waals surface area (Å²) in [5, 5.41) is 11.4. The van der Waals surface area contributed by atoms with E-state index in [-0.39, 0.29) is 30.9 Å². The van der Waals surface area contributed by atoms with Gasteiger partial charge in [0, 0.05) is 12.6 Å². The van der Waals surface area contributed by atoms with Crippen LogP contribution in [0, 0.1) is 0 Å². The van der Waals surface area contributed by atoms with Gasteiger partial charge in [0.2, 0.25) is 11.8 Å². The fourth-order valence-electron chi connectivity index (χ4n) is 2.75. The highest BCUT2D eigenvalue weighted by Crippen LogP contribution is 2.26.